The molecule has 0 saturated carbocycles. The Kier molecular flexibility index (Phi) is 9.27. The lowest BCUT2D eigenvalue weighted by atomic mass is 9.87. The SMILES string of the molecule is C=C(C)COc1ccccc1NC(=S)NC(=O)C(C)(C)CCCOc1cc(C)ccc1C. The van der Waals surface area contributed by atoms with Crippen LogP contribution in [0.2, 0.25) is 0 Å². The van der Waals surface area contributed by atoms with Crippen LogP contribution in [0.4, 0.5) is 5.69 Å². The number of amides is 1. The molecule has 0 fully saturated rings. The molecule has 0 atom stereocenters. The normalized spacial score (nSPS) is 10.9. The van der Waals surface area contributed by atoms with Crippen LogP contribution < -0.4 is 20.1 Å². The minimum atomic E-state index is -0.591. The van der Waals surface area contributed by atoms with Gasteiger partial charge in [-0.1, -0.05) is 44.7 Å². The van der Waals surface area contributed by atoms with Crippen molar-refractivity contribution in [2.45, 2.75) is 47.5 Å². The van der Waals surface area contributed by atoms with Gasteiger partial charge in [0.15, 0.2) is 5.11 Å². The predicted octanol–water partition coefficient (Wildman–Crippen LogP) is 5.96. The molecule has 0 saturated heterocycles. The van der Waals surface area contributed by atoms with Crippen molar-refractivity contribution in [2.75, 3.05) is 18.5 Å². The van der Waals surface area contributed by atoms with Gasteiger partial charge >= 0.3 is 0 Å². The summed E-state index contributed by atoms with van der Waals surface area (Å²) in [5.41, 5.74) is 3.29. The highest BCUT2D eigenvalue weighted by molar-refractivity contribution is 7.80. The van der Waals surface area contributed by atoms with E-state index >= 15 is 0 Å². The molecule has 5 nitrogen and oxygen atoms in total. The lowest BCUT2D eigenvalue weighted by Gasteiger charge is -2.24. The highest BCUT2D eigenvalue weighted by Crippen LogP contribution is 2.26. The van der Waals surface area contributed by atoms with Gasteiger partial charge in [-0.25, -0.2) is 0 Å². The maximum absolute atomic E-state index is 12.8. The van der Waals surface area contributed by atoms with Crippen LogP contribution in [-0.4, -0.2) is 24.2 Å². The van der Waals surface area contributed by atoms with E-state index in [-0.39, 0.29) is 11.0 Å². The summed E-state index contributed by atoms with van der Waals surface area (Å²) in [5.74, 6) is 1.40. The summed E-state index contributed by atoms with van der Waals surface area (Å²) in [5, 5.41) is 6.10. The van der Waals surface area contributed by atoms with Crippen LogP contribution in [0.3, 0.4) is 0 Å². The molecule has 2 aromatic rings. The van der Waals surface area contributed by atoms with E-state index in [4.69, 9.17) is 21.7 Å². The highest BCUT2D eigenvalue weighted by atomic mass is 32.1. The summed E-state index contributed by atoms with van der Waals surface area (Å²) in [6, 6.07) is 13.6. The van der Waals surface area contributed by atoms with Crippen LogP contribution in [-0.2, 0) is 4.79 Å². The van der Waals surface area contributed by atoms with Crippen molar-refractivity contribution in [1.82, 2.24) is 5.32 Å². The summed E-state index contributed by atoms with van der Waals surface area (Å²) in [6.07, 6.45) is 1.43. The first-order chi connectivity index (χ1) is 15.1. The number of anilines is 1. The standard InChI is InChI=1S/C26H34N2O3S/c1-18(2)17-31-22-11-8-7-10-21(22)27-25(32)28-24(29)26(5,6)14-9-15-30-23-16-19(3)12-13-20(23)4/h7-8,10-13,16H,1,9,14-15,17H2,2-6H3,(H2,27,28,29,32). The van der Waals surface area contributed by atoms with Crippen molar-refractivity contribution in [3.05, 3.63) is 65.7 Å². The third kappa shape index (κ3) is 8.00. The fraction of sp³-hybridized carbons (Fsp3) is 0.385. The molecule has 0 spiro atoms. The first-order valence-corrected chi connectivity index (χ1v) is 11.2. The number of nitrogens with one attached hydrogen (secondary N) is 2. The molecule has 172 valence electrons. The molecule has 32 heavy (non-hydrogen) atoms. The zero-order valence-electron chi connectivity index (χ0n) is 19.7. The molecular formula is C26H34N2O3S. The minimum absolute atomic E-state index is 0.137. The Morgan fingerprint density at radius 3 is 2.53 bits per heavy atom. The third-order valence-corrected chi connectivity index (χ3v) is 5.20. The van der Waals surface area contributed by atoms with Crippen molar-refractivity contribution < 1.29 is 14.3 Å². The van der Waals surface area contributed by atoms with E-state index in [1.54, 1.807) is 0 Å². The average molecular weight is 455 g/mol. The van der Waals surface area contributed by atoms with Crippen LogP contribution in [0, 0.1) is 19.3 Å². The van der Waals surface area contributed by atoms with E-state index in [2.05, 4.69) is 29.3 Å². The largest absolute Gasteiger partial charge is 0.493 e. The molecule has 0 aliphatic heterocycles. The smallest absolute Gasteiger partial charge is 0.231 e. The number of hydrogen-bond donors (Lipinski definition) is 2. The van der Waals surface area contributed by atoms with Gasteiger partial charge < -0.3 is 20.1 Å². The zero-order chi connectivity index (χ0) is 23.7. The van der Waals surface area contributed by atoms with Crippen LogP contribution in [0.15, 0.2) is 54.6 Å². The Hall–Kier alpha value is -2.86. The molecule has 6 heteroatoms. The van der Waals surface area contributed by atoms with Gasteiger partial charge in [0, 0.05) is 5.41 Å². The molecule has 0 aliphatic rings. The monoisotopic (exact) mass is 454 g/mol. The lowest BCUT2D eigenvalue weighted by molar-refractivity contribution is -0.128. The van der Waals surface area contributed by atoms with Gasteiger partial charge in [0.2, 0.25) is 5.91 Å². The van der Waals surface area contributed by atoms with Gasteiger partial charge in [-0.15, -0.1) is 0 Å². The number of rotatable bonds is 10. The molecule has 0 heterocycles. The van der Waals surface area contributed by atoms with E-state index in [0.717, 1.165) is 28.9 Å². The fourth-order valence-electron chi connectivity index (χ4n) is 3.00. The van der Waals surface area contributed by atoms with Gasteiger partial charge in [0.05, 0.1) is 12.3 Å². The van der Waals surface area contributed by atoms with Crippen molar-refractivity contribution in [3.8, 4) is 11.5 Å². The van der Waals surface area contributed by atoms with Crippen LogP contribution >= 0.6 is 12.2 Å². The maximum Gasteiger partial charge on any atom is 0.231 e. The second kappa shape index (κ2) is 11.7. The second-order valence-corrected chi connectivity index (χ2v) is 9.16. The number of ether oxygens (including phenoxy) is 2. The van der Waals surface area contributed by atoms with E-state index < -0.39 is 5.41 Å². The Morgan fingerprint density at radius 2 is 1.81 bits per heavy atom. The van der Waals surface area contributed by atoms with Crippen LogP contribution in [0.5, 0.6) is 11.5 Å². The van der Waals surface area contributed by atoms with E-state index in [1.807, 2.05) is 65.0 Å². The summed E-state index contributed by atoms with van der Waals surface area (Å²) in [4.78, 5) is 12.8. The molecule has 0 radical (unpaired) electrons. The van der Waals surface area contributed by atoms with Crippen molar-refractivity contribution >= 4 is 28.9 Å². The molecule has 2 rings (SSSR count). The number of carbonyl (C=O) groups is 1. The minimum Gasteiger partial charge on any atom is -0.493 e. The quantitative estimate of drug-likeness (QED) is 0.264. The zero-order valence-corrected chi connectivity index (χ0v) is 20.5. The number of aryl methyl sites for hydroxylation is 2. The van der Waals surface area contributed by atoms with Crippen molar-refractivity contribution in [1.29, 1.82) is 0 Å². The molecule has 0 bridgehead atoms. The van der Waals surface area contributed by atoms with Gasteiger partial charge in [-0.3, -0.25) is 4.79 Å². The van der Waals surface area contributed by atoms with Crippen LogP contribution in [0.25, 0.3) is 0 Å². The fourth-order valence-corrected chi connectivity index (χ4v) is 3.20. The first-order valence-electron chi connectivity index (χ1n) is 10.8. The lowest BCUT2D eigenvalue weighted by Crippen LogP contribution is -2.42. The molecule has 1 amide bonds. The third-order valence-electron chi connectivity index (χ3n) is 5.00. The van der Waals surface area contributed by atoms with E-state index in [9.17, 15) is 4.79 Å². The van der Waals surface area contributed by atoms with E-state index in [0.29, 0.717) is 31.1 Å². The first kappa shape index (κ1) is 25.4. The number of hydrogen-bond acceptors (Lipinski definition) is 4. The Labute approximate surface area is 197 Å². The number of carbonyl (C=O) groups excluding carboxylic acids is 1. The topological polar surface area (TPSA) is 59.6 Å². The molecular weight excluding hydrogens is 420 g/mol. The summed E-state index contributed by atoms with van der Waals surface area (Å²) in [7, 11) is 0. The Bertz CT molecular complexity index is 969. The molecule has 2 aromatic carbocycles. The average Bonchev–Trinajstić information content (AvgIpc) is 2.72. The van der Waals surface area contributed by atoms with Gasteiger partial charge in [0.1, 0.15) is 18.1 Å². The van der Waals surface area contributed by atoms with Crippen LogP contribution in [0.1, 0.15) is 44.7 Å². The summed E-state index contributed by atoms with van der Waals surface area (Å²) < 4.78 is 11.7. The summed E-state index contributed by atoms with van der Waals surface area (Å²) in [6.45, 7) is 14.6. The summed E-state index contributed by atoms with van der Waals surface area (Å²) >= 11 is 5.36. The van der Waals surface area contributed by atoms with Gasteiger partial charge in [-0.05, 0) is 80.7 Å². The molecule has 0 aliphatic carbocycles. The van der Waals surface area contributed by atoms with Crippen molar-refractivity contribution in [2.24, 2.45) is 5.41 Å². The predicted molar refractivity (Wildman–Crippen MR) is 136 cm³/mol. The molecule has 2 N–H and O–H groups in total. The van der Waals surface area contributed by atoms with Crippen molar-refractivity contribution in [3.63, 3.8) is 0 Å². The Balaban J connectivity index is 1.84. The second-order valence-electron chi connectivity index (χ2n) is 8.76. The van der Waals surface area contributed by atoms with Gasteiger partial charge in [-0.2, -0.15) is 0 Å². The molecule has 0 aromatic heterocycles. The number of thiocarbonyl (C=S) groups is 1. The molecule has 0 unspecified atom stereocenters. The number of para-hydroxylation sites is 2. The van der Waals surface area contributed by atoms with E-state index in [1.165, 1.54) is 0 Å². The highest BCUT2D eigenvalue weighted by Gasteiger charge is 2.28. The Morgan fingerprint density at radius 1 is 1.09 bits per heavy atom. The number of benzene rings is 2. The maximum atomic E-state index is 12.8. The van der Waals surface area contributed by atoms with Gasteiger partial charge in [0.25, 0.3) is 0 Å².